The molecule has 1 aliphatic rings. The molecule has 5 heteroatoms. The van der Waals surface area contributed by atoms with Crippen LogP contribution in [0.4, 0.5) is 0 Å². The minimum absolute atomic E-state index is 0.0167. The smallest absolute Gasteiger partial charge is 0.330 e. The first kappa shape index (κ1) is 18.4. The molecule has 0 bridgehead atoms. The molecule has 1 heterocycles. The van der Waals surface area contributed by atoms with Crippen LogP contribution in [0.2, 0.25) is 0 Å². The molecule has 0 spiro atoms. The fourth-order valence-electron chi connectivity index (χ4n) is 2.31. The van der Waals surface area contributed by atoms with E-state index in [2.05, 4.69) is 47.7 Å². The van der Waals surface area contributed by atoms with Gasteiger partial charge in [-0.15, -0.1) is 0 Å². The first-order valence-corrected chi connectivity index (χ1v) is 9.09. The summed E-state index contributed by atoms with van der Waals surface area (Å²) in [6.07, 6.45) is 5.52. The van der Waals surface area contributed by atoms with Gasteiger partial charge in [0.1, 0.15) is 6.10 Å². The molecule has 4 nitrogen and oxygen atoms in total. The number of rotatable bonds is 9. The van der Waals surface area contributed by atoms with Gasteiger partial charge < -0.3 is 14.2 Å². The molecule has 1 aromatic carbocycles. The van der Waals surface area contributed by atoms with Crippen molar-refractivity contribution in [1.29, 1.82) is 0 Å². The number of halogens is 1. The Morgan fingerprint density at radius 3 is 2.91 bits per heavy atom. The topological polar surface area (TPSA) is 48.1 Å². The fourth-order valence-corrected chi connectivity index (χ4v) is 2.83. The lowest BCUT2D eigenvalue weighted by Gasteiger charge is -2.20. The minimum atomic E-state index is -0.323. The second kappa shape index (κ2) is 9.39. The van der Waals surface area contributed by atoms with Gasteiger partial charge >= 0.3 is 5.97 Å². The molecule has 126 valence electrons. The molecule has 0 saturated carbocycles. The average molecular weight is 430 g/mol. The normalized spacial score (nSPS) is 18.1. The molecule has 0 aliphatic carbocycles. The van der Waals surface area contributed by atoms with E-state index in [1.54, 1.807) is 6.92 Å². The van der Waals surface area contributed by atoms with Gasteiger partial charge in [-0.25, -0.2) is 4.79 Å². The van der Waals surface area contributed by atoms with Gasteiger partial charge in [0.25, 0.3) is 0 Å². The Morgan fingerprint density at radius 2 is 2.26 bits per heavy atom. The molecule has 2 rings (SSSR count). The second-order valence-electron chi connectivity index (χ2n) is 5.42. The standard InChI is InChI=1S/C18H23IO4/c1-3-5-17(23-12-15-11-22-15)16-8-7-14(19)10-13(16)6-9-18(20)21-4-2/h6-10,15,17H,3-5,11-12H2,1-2H3/b9-6+/t15?,17-/m1/s1. The third kappa shape index (κ3) is 6.24. The predicted molar refractivity (Wildman–Crippen MR) is 98.2 cm³/mol. The van der Waals surface area contributed by atoms with E-state index in [4.69, 9.17) is 14.2 Å². The number of benzene rings is 1. The van der Waals surface area contributed by atoms with Gasteiger partial charge in [-0.1, -0.05) is 19.4 Å². The summed E-state index contributed by atoms with van der Waals surface area (Å²) < 4.78 is 17.4. The lowest BCUT2D eigenvalue weighted by molar-refractivity contribution is -0.137. The van der Waals surface area contributed by atoms with E-state index in [-0.39, 0.29) is 18.2 Å². The number of hydrogen-bond acceptors (Lipinski definition) is 4. The summed E-state index contributed by atoms with van der Waals surface area (Å²) in [5.74, 6) is -0.323. The minimum Gasteiger partial charge on any atom is -0.463 e. The Bertz CT molecular complexity index is 552. The molecule has 23 heavy (non-hydrogen) atoms. The van der Waals surface area contributed by atoms with Gasteiger partial charge in [-0.2, -0.15) is 0 Å². The van der Waals surface area contributed by atoms with E-state index < -0.39 is 0 Å². The highest BCUT2D eigenvalue weighted by Gasteiger charge is 2.25. The number of ether oxygens (including phenoxy) is 3. The second-order valence-corrected chi connectivity index (χ2v) is 6.67. The zero-order chi connectivity index (χ0) is 16.7. The van der Waals surface area contributed by atoms with Gasteiger partial charge in [-0.3, -0.25) is 0 Å². The summed E-state index contributed by atoms with van der Waals surface area (Å²) in [7, 11) is 0. The summed E-state index contributed by atoms with van der Waals surface area (Å²) in [5.41, 5.74) is 2.11. The van der Waals surface area contributed by atoms with E-state index in [1.165, 1.54) is 6.08 Å². The van der Waals surface area contributed by atoms with E-state index >= 15 is 0 Å². The number of epoxide rings is 1. The molecular formula is C18H23IO4. The highest BCUT2D eigenvalue weighted by Crippen LogP contribution is 2.29. The van der Waals surface area contributed by atoms with Gasteiger partial charge in [0, 0.05) is 9.65 Å². The molecule has 0 aromatic heterocycles. The SMILES string of the molecule is CCC[C@@H](OCC1CO1)c1ccc(I)cc1/C=C/C(=O)OCC. The summed E-state index contributed by atoms with van der Waals surface area (Å²) in [5, 5.41) is 0. The number of hydrogen-bond donors (Lipinski definition) is 0. The molecule has 0 radical (unpaired) electrons. The lowest BCUT2D eigenvalue weighted by atomic mass is 9.98. The van der Waals surface area contributed by atoms with Gasteiger partial charge in [0.05, 0.1) is 25.9 Å². The average Bonchev–Trinajstić information content (AvgIpc) is 3.34. The number of carbonyl (C=O) groups excluding carboxylic acids is 1. The van der Waals surface area contributed by atoms with Crippen LogP contribution in [0.25, 0.3) is 6.08 Å². The molecule has 1 aliphatic heterocycles. The van der Waals surface area contributed by atoms with E-state index in [9.17, 15) is 4.79 Å². The Balaban J connectivity index is 2.17. The van der Waals surface area contributed by atoms with Crippen LogP contribution in [0.5, 0.6) is 0 Å². The maximum atomic E-state index is 11.6. The van der Waals surface area contributed by atoms with E-state index in [1.807, 2.05) is 6.08 Å². The van der Waals surface area contributed by atoms with Crippen molar-refractivity contribution in [1.82, 2.24) is 0 Å². The fraction of sp³-hybridized carbons (Fsp3) is 0.500. The van der Waals surface area contributed by atoms with Crippen molar-refractivity contribution in [2.75, 3.05) is 19.8 Å². The van der Waals surface area contributed by atoms with E-state index in [0.717, 1.165) is 34.1 Å². The van der Waals surface area contributed by atoms with Crippen molar-refractivity contribution in [3.05, 3.63) is 39.0 Å². The quantitative estimate of drug-likeness (QED) is 0.256. The van der Waals surface area contributed by atoms with Crippen LogP contribution in [0, 0.1) is 3.57 Å². The van der Waals surface area contributed by atoms with Crippen LogP contribution < -0.4 is 0 Å². The summed E-state index contributed by atoms with van der Waals surface area (Å²) >= 11 is 2.27. The summed E-state index contributed by atoms with van der Waals surface area (Å²) in [6.45, 7) is 5.74. The van der Waals surface area contributed by atoms with Crippen molar-refractivity contribution in [3.8, 4) is 0 Å². The summed E-state index contributed by atoms with van der Waals surface area (Å²) in [4.78, 5) is 11.6. The van der Waals surface area contributed by atoms with Crippen LogP contribution in [-0.4, -0.2) is 31.9 Å². The Kier molecular flexibility index (Phi) is 7.52. The predicted octanol–water partition coefficient (Wildman–Crippen LogP) is 4.12. The molecule has 1 aromatic rings. The van der Waals surface area contributed by atoms with Crippen LogP contribution in [-0.2, 0) is 19.0 Å². The zero-order valence-electron chi connectivity index (χ0n) is 13.6. The Morgan fingerprint density at radius 1 is 1.48 bits per heavy atom. The van der Waals surface area contributed by atoms with Crippen molar-refractivity contribution in [2.45, 2.75) is 38.9 Å². The first-order chi connectivity index (χ1) is 11.1. The van der Waals surface area contributed by atoms with Gasteiger partial charge in [0.2, 0.25) is 0 Å². The van der Waals surface area contributed by atoms with Crippen molar-refractivity contribution < 1.29 is 19.0 Å². The lowest BCUT2D eigenvalue weighted by Crippen LogP contribution is -2.10. The maximum Gasteiger partial charge on any atom is 0.330 e. The molecule has 0 N–H and O–H groups in total. The largest absolute Gasteiger partial charge is 0.463 e. The first-order valence-electron chi connectivity index (χ1n) is 8.01. The number of carbonyl (C=O) groups is 1. The molecule has 1 unspecified atom stereocenters. The van der Waals surface area contributed by atoms with Crippen LogP contribution in [0.15, 0.2) is 24.3 Å². The van der Waals surface area contributed by atoms with Gasteiger partial charge in [-0.05, 0) is 65.3 Å². The summed E-state index contributed by atoms with van der Waals surface area (Å²) in [6, 6.07) is 6.21. The third-order valence-corrected chi connectivity index (χ3v) is 4.19. The molecular weight excluding hydrogens is 407 g/mol. The van der Waals surface area contributed by atoms with Crippen molar-refractivity contribution in [2.24, 2.45) is 0 Å². The highest BCUT2D eigenvalue weighted by atomic mass is 127. The van der Waals surface area contributed by atoms with Crippen molar-refractivity contribution in [3.63, 3.8) is 0 Å². The highest BCUT2D eigenvalue weighted by molar-refractivity contribution is 14.1. The van der Waals surface area contributed by atoms with Crippen LogP contribution >= 0.6 is 22.6 Å². The Labute approximate surface area is 151 Å². The molecule has 1 fully saturated rings. The zero-order valence-corrected chi connectivity index (χ0v) is 15.7. The molecule has 0 amide bonds. The van der Waals surface area contributed by atoms with Crippen LogP contribution in [0.3, 0.4) is 0 Å². The molecule has 2 atom stereocenters. The van der Waals surface area contributed by atoms with E-state index in [0.29, 0.717) is 13.2 Å². The van der Waals surface area contributed by atoms with Crippen molar-refractivity contribution >= 4 is 34.6 Å². The monoisotopic (exact) mass is 430 g/mol. The van der Waals surface area contributed by atoms with Gasteiger partial charge in [0.15, 0.2) is 0 Å². The van der Waals surface area contributed by atoms with Crippen LogP contribution in [0.1, 0.15) is 43.9 Å². The third-order valence-electron chi connectivity index (χ3n) is 3.52. The molecule has 1 saturated heterocycles. The maximum absolute atomic E-state index is 11.6. The number of esters is 1. The Hall–Kier alpha value is -0.920.